The van der Waals surface area contributed by atoms with Crippen LogP contribution in [0.25, 0.3) is 0 Å². The predicted octanol–water partition coefficient (Wildman–Crippen LogP) is 2.50. The zero-order valence-corrected chi connectivity index (χ0v) is 12.1. The molecule has 0 aliphatic carbocycles. The fraction of sp³-hybridized carbons (Fsp3) is 0.600. The molecule has 20 heavy (non-hydrogen) atoms. The minimum absolute atomic E-state index is 0.225. The van der Waals surface area contributed by atoms with Gasteiger partial charge in [0.25, 0.3) is 5.69 Å². The second kappa shape index (κ2) is 5.89. The van der Waals surface area contributed by atoms with Crippen molar-refractivity contribution in [2.75, 3.05) is 13.1 Å². The molecule has 0 atom stereocenters. The third kappa shape index (κ3) is 2.99. The second-order valence-electron chi connectivity index (χ2n) is 5.56. The van der Waals surface area contributed by atoms with Gasteiger partial charge in [-0.15, -0.1) is 0 Å². The Morgan fingerprint density at radius 1 is 1.40 bits per heavy atom. The predicted molar refractivity (Wildman–Crippen MR) is 77.6 cm³/mol. The SMILES string of the molecule is CCC(O)(CC)CN1CCc2c(cccc2[N+](=O)[O-])C1. The maximum Gasteiger partial charge on any atom is 0.272 e. The third-order valence-corrected chi connectivity index (χ3v) is 4.35. The van der Waals surface area contributed by atoms with Gasteiger partial charge in [0.15, 0.2) is 0 Å². The van der Waals surface area contributed by atoms with Gasteiger partial charge < -0.3 is 5.11 Å². The molecule has 1 N–H and O–H groups in total. The second-order valence-corrected chi connectivity index (χ2v) is 5.56. The van der Waals surface area contributed by atoms with Crippen molar-refractivity contribution < 1.29 is 10.0 Å². The van der Waals surface area contributed by atoms with Crippen molar-refractivity contribution in [3.05, 3.63) is 39.4 Å². The first kappa shape index (κ1) is 14.9. The molecule has 0 fully saturated rings. The van der Waals surface area contributed by atoms with E-state index in [0.29, 0.717) is 19.5 Å². The molecule has 110 valence electrons. The van der Waals surface area contributed by atoms with Crippen LogP contribution >= 0.6 is 0 Å². The summed E-state index contributed by atoms with van der Waals surface area (Å²) in [5, 5.41) is 21.4. The maximum absolute atomic E-state index is 11.0. The molecule has 5 heteroatoms. The minimum Gasteiger partial charge on any atom is -0.389 e. The Hall–Kier alpha value is -1.46. The summed E-state index contributed by atoms with van der Waals surface area (Å²) in [5.41, 5.74) is 1.44. The molecule has 2 rings (SSSR count). The molecule has 1 aromatic carbocycles. The molecule has 0 radical (unpaired) electrons. The van der Waals surface area contributed by atoms with Gasteiger partial charge in [0.1, 0.15) is 0 Å². The zero-order chi connectivity index (χ0) is 14.8. The highest BCUT2D eigenvalue weighted by Gasteiger charge is 2.29. The van der Waals surface area contributed by atoms with Crippen LogP contribution in [0, 0.1) is 10.1 Å². The van der Waals surface area contributed by atoms with Crippen LogP contribution in [0.15, 0.2) is 18.2 Å². The van der Waals surface area contributed by atoms with Crippen LogP contribution in [-0.2, 0) is 13.0 Å². The van der Waals surface area contributed by atoms with Crippen LogP contribution < -0.4 is 0 Å². The number of rotatable bonds is 5. The van der Waals surface area contributed by atoms with Gasteiger partial charge in [0.05, 0.1) is 10.5 Å². The Bertz CT molecular complexity index is 498. The summed E-state index contributed by atoms with van der Waals surface area (Å²) in [4.78, 5) is 12.9. The Kier molecular flexibility index (Phi) is 4.40. The largest absolute Gasteiger partial charge is 0.389 e. The van der Waals surface area contributed by atoms with Gasteiger partial charge in [-0.25, -0.2) is 0 Å². The first-order chi connectivity index (χ1) is 9.49. The summed E-state index contributed by atoms with van der Waals surface area (Å²) in [6.07, 6.45) is 2.12. The number of nitro groups is 1. The van der Waals surface area contributed by atoms with E-state index in [1.165, 1.54) is 0 Å². The lowest BCUT2D eigenvalue weighted by atomic mass is 9.93. The molecular weight excluding hydrogens is 256 g/mol. The number of nitro benzene ring substituents is 1. The lowest BCUT2D eigenvalue weighted by Crippen LogP contribution is -2.44. The topological polar surface area (TPSA) is 66.6 Å². The monoisotopic (exact) mass is 278 g/mol. The summed E-state index contributed by atoms with van der Waals surface area (Å²) in [6, 6.07) is 5.26. The molecule has 0 amide bonds. The summed E-state index contributed by atoms with van der Waals surface area (Å²) in [7, 11) is 0. The van der Waals surface area contributed by atoms with Crippen LogP contribution in [0.3, 0.4) is 0 Å². The van der Waals surface area contributed by atoms with Crippen LogP contribution in [0.1, 0.15) is 37.8 Å². The molecule has 0 saturated heterocycles. The molecule has 0 unspecified atom stereocenters. The zero-order valence-electron chi connectivity index (χ0n) is 12.1. The Labute approximate surface area is 119 Å². The van der Waals surface area contributed by atoms with Crippen molar-refractivity contribution in [1.82, 2.24) is 4.90 Å². The summed E-state index contributed by atoms with van der Waals surface area (Å²) >= 11 is 0. The van der Waals surface area contributed by atoms with Gasteiger partial charge in [-0.2, -0.15) is 0 Å². The number of benzene rings is 1. The smallest absolute Gasteiger partial charge is 0.272 e. The first-order valence-corrected chi connectivity index (χ1v) is 7.19. The van der Waals surface area contributed by atoms with Crippen LogP contribution in [0.5, 0.6) is 0 Å². The molecule has 0 saturated carbocycles. The van der Waals surface area contributed by atoms with Crippen LogP contribution in [0.2, 0.25) is 0 Å². The fourth-order valence-corrected chi connectivity index (χ4v) is 2.84. The van der Waals surface area contributed by atoms with Crippen LogP contribution in [-0.4, -0.2) is 33.6 Å². The highest BCUT2D eigenvalue weighted by atomic mass is 16.6. The van der Waals surface area contributed by atoms with E-state index in [2.05, 4.69) is 4.90 Å². The van der Waals surface area contributed by atoms with Gasteiger partial charge in [-0.3, -0.25) is 15.0 Å². The number of aliphatic hydroxyl groups is 1. The van der Waals surface area contributed by atoms with Gasteiger partial charge in [0.2, 0.25) is 0 Å². The normalized spacial score (nSPS) is 15.9. The van der Waals surface area contributed by atoms with E-state index < -0.39 is 5.60 Å². The van der Waals surface area contributed by atoms with Crippen molar-refractivity contribution in [3.8, 4) is 0 Å². The lowest BCUT2D eigenvalue weighted by Gasteiger charge is -2.35. The Morgan fingerprint density at radius 2 is 2.10 bits per heavy atom. The average Bonchev–Trinajstić information content (AvgIpc) is 2.46. The van der Waals surface area contributed by atoms with Gasteiger partial charge in [-0.1, -0.05) is 26.0 Å². The summed E-state index contributed by atoms with van der Waals surface area (Å²) in [5.74, 6) is 0. The summed E-state index contributed by atoms with van der Waals surface area (Å²) < 4.78 is 0. The van der Waals surface area contributed by atoms with E-state index in [-0.39, 0.29) is 10.6 Å². The highest BCUT2D eigenvalue weighted by molar-refractivity contribution is 5.46. The molecule has 1 aliphatic rings. The van der Waals surface area contributed by atoms with Crippen molar-refractivity contribution in [2.45, 2.75) is 45.3 Å². The number of β-amino-alcohol motifs (C(OH)–C–C–N with tert-alkyl or cyclic N) is 1. The molecule has 0 spiro atoms. The van der Waals surface area contributed by atoms with E-state index in [4.69, 9.17) is 0 Å². The van der Waals surface area contributed by atoms with Gasteiger partial charge in [-0.05, 0) is 24.8 Å². The molecule has 0 aromatic heterocycles. The van der Waals surface area contributed by atoms with E-state index in [1.54, 1.807) is 12.1 Å². The van der Waals surface area contributed by atoms with E-state index in [1.807, 2.05) is 19.9 Å². The fourth-order valence-electron chi connectivity index (χ4n) is 2.84. The summed E-state index contributed by atoms with van der Waals surface area (Å²) in [6.45, 7) is 6.06. The number of nitrogens with zero attached hydrogens (tertiary/aromatic N) is 2. The van der Waals surface area contributed by atoms with Crippen molar-refractivity contribution in [3.63, 3.8) is 0 Å². The molecule has 1 aromatic rings. The minimum atomic E-state index is -0.655. The highest BCUT2D eigenvalue weighted by Crippen LogP contribution is 2.29. The Balaban J connectivity index is 2.16. The van der Waals surface area contributed by atoms with E-state index in [0.717, 1.165) is 30.5 Å². The van der Waals surface area contributed by atoms with Gasteiger partial charge in [0, 0.05) is 31.3 Å². The third-order valence-electron chi connectivity index (χ3n) is 4.35. The molecule has 1 aliphatic heterocycles. The number of fused-ring (bicyclic) bond motifs is 1. The van der Waals surface area contributed by atoms with Crippen molar-refractivity contribution >= 4 is 5.69 Å². The number of hydrogen-bond donors (Lipinski definition) is 1. The lowest BCUT2D eigenvalue weighted by molar-refractivity contribution is -0.385. The van der Waals surface area contributed by atoms with Crippen LogP contribution in [0.4, 0.5) is 5.69 Å². The molecule has 1 heterocycles. The first-order valence-electron chi connectivity index (χ1n) is 7.19. The Morgan fingerprint density at radius 3 is 2.70 bits per heavy atom. The molecule has 0 bridgehead atoms. The average molecular weight is 278 g/mol. The van der Waals surface area contributed by atoms with E-state index in [9.17, 15) is 15.2 Å². The molecular formula is C15H22N2O3. The van der Waals surface area contributed by atoms with E-state index >= 15 is 0 Å². The maximum atomic E-state index is 11.0. The molecule has 5 nitrogen and oxygen atoms in total. The number of hydrogen-bond acceptors (Lipinski definition) is 4. The standard InChI is InChI=1S/C15H22N2O3/c1-3-15(18,4-2)11-16-9-8-13-12(10-16)6-5-7-14(13)17(19)20/h5-7,18H,3-4,8-11H2,1-2H3. The van der Waals surface area contributed by atoms with Crippen molar-refractivity contribution in [1.29, 1.82) is 0 Å². The quantitative estimate of drug-likeness (QED) is 0.664. The van der Waals surface area contributed by atoms with Crippen molar-refractivity contribution in [2.24, 2.45) is 0 Å². The van der Waals surface area contributed by atoms with Gasteiger partial charge >= 0.3 is 0 Å².